The van der Waals surface area contributed by atoms with Gasteiger partial charge in [0.15, 0.2) is 0 Å². The highest BCUT2D eigenvalue weighted by Crippen LogP contribution is 2.22. The first-order chi connectivity index (χ1) is 11.3. The van der Waals surface area contributed by atoms with Crippen LogP contribution in [0.15, 0.2) is 30.3 Å². The summed E-state index contributed by atoms with van der Waals surface area (Å²) in [6.07, 6.45) is 9.13. The highest BCUT2D eigenvalue weighted by Gasteiger charge is 2.18. The van der Waals surface area contributed by atoms with Crippen molar-refractivity contribution in [2.24, 2.45) is 5.92 Å². The maximum atomic E-state index is 11.8. The van der Waals surface area contributed by atoms with Gasteiger partial charge < -0.3 is 9.64 Å². The fraction of sp³-hybridized carbons (Fsp3) is 0.650. The standard InChI is InChI=1S/C20H31NO2/c1-2-3-5-9-18-12-15-21(16-13-18)14-8-17-23-20(22)19-10-6-4-7-11-19/h4,6-7,10-11,18H,2-3,5,8-9,12-17H2,1H3. The van der Waals surface area contributed by atoms with Crippen molar-refractivity contribution in [1.29, 1.82) is 0 Å². The molecule has 128 valence electrons. The van der Waals surface area contributed by atoms with Crippen LogP contribution in [0.4, 0.5) is 0 Å². The second-order valence-corrected chi connectivity index (χ2v) is 6.64. The number of benzene rings is 1. The zero-order chi connectivity index (χ0) is 16.3. The average Bonchev–Trinajstić information content (AvgIpc) is 2.61. The Bertz CT molecular complexity index is 438. The van der Waals surface area contributed by atoms with Gasteiger partial charge in [-0.25, -0.2) is 4.79 Å². The molecule has 0 spiro atoms. The third-order valence-corrected chi connectivity index (χ3v) is 4.78. The first-order valence-corrected chi connectivity index (χ1v) is 9.24. The topological polar surface area (TPSA) is 29.5 Å². The predicted octanol–water partition coefficient (Wildman–Crippen LogP) is 4.53. The Kier molecular flexibility index (Phi) is 8.16. The van der Waals surface area contributed by atoms with Crippen LogP contribution in [0.1, 0.15) is 62.2 Å². The summed E-state index contributed by atoms with van der Waals surface area (Å²) < 4.78 is 5.34. The molecule has 3 heteroatoms. The largest absolute Gasteiger partial charge is 0.462 e. The summed E-state index contributed by atoms with van der Waals surface area (Å²) in [5.74, 6) is 0.731. The first kappa shape index (κ1) is 18.0. The molecule has 0 unspecified atom stereocenters. The summed E-state index contributed by atoms with van der Waals surface area (Å²) in [6, 6.07) is 9.22. The van der Waals surface area contributed by atoms with E-state index in [0.29, 0.717) is 12.2 Å². The van der Waals surface area contributed by atoms with E-state index >= 15 is 0 Å². The maximum absolute atomic E-state index is 11.8. The monoisotopic (exact) mass is 317 g/mol. The Morgan fingerprint density at radius 3 is 2.57 bits per heavy atom. The lowest BCUT2D eigenvalue weighted by molar-refractivity contribution is 0.0482. The van der Waals surface area contributed by atoms with Gasteiger partial charge in [-0.1, -0.05) is 50.8 Å². The molecule has 0 bridgehead atoms. The van der Waals surface area contributed by atoms with Crippen LogP contribution in [0.2, 0.25) is 0 Å². The Labute approximate surface area is 141 Å². The lowest BCUT2D eigenvalue weighted by Gasteiger charge is -2.31. The van der Waals surface area contributed by atoms with Gasteiger partial charge in [-0.05, 0) is 50.4 Å². The zero-order valence-corrected chi connectivity index (χ0v) is 14.5. The lowest BCUT2D eigenvalue weighted by Crippen LogP contribution is -2.34. The third kappa shape index (κ3) is 6.74. The van der Waals surface area contributed by atoms with E-state index < -0.39 is 0 Å². The molecule has 3 nitrogen and oxygen atoms in total. The summed E-state index contributed by atoms with van der Waals surface area (Å²) >= 11 is 0. The fourth-order valence-corrected chi connectivity index (χ4v) is 3.29. The molecular formula is C20H31NO2. The van der Waals surface area contributed by atoms with Gasteiger partial charge in [0.1, 0.15) is 0 Å². The molecule has 0 atom stereocenters. The molecule has 1 aliphatic heterocycles. The van der Waals surface area contributed by atoms with Crippen LogP contribution in [0, 0.1) is 5.92 Å². The van der Waals surface area contributed by atoms with Gasteiger partial charge >= 0.3 is 5.97 Å². The van der Waals surface area contributed by atoms with E-state index in [1.54, 1.807) is 12.1 Å². The van der Waals surface area contributed by atoms with Crippen LogP contribution >= 0.6 is 0 Å². The minimum absolute atomic E-state index is 0.208. The van der Waals surface area contributed by atoms with Gasteiger partial charge in [0.2, 0.25) is 0 Å². The number of likely N-dealkylation sites (tertiary alicyclic amines) is 1. The molecule has 1 aromatic carbocycles. The number of unbranched alkanes of at least 4 members (excludes halogenated alkanes) is 2. The molecule has 1 saturated heterocycles. The number of piperidine rings is 1. The normalized spacial score (nSPS) is 16.4. The van der Waals surface area contributed by atoms with Crippen molar-refractivity contribution in [1.82, 2.24) is 4.90 Å². The van der Waals surface area contributed by atoms with Crippen LogP contribution in [0.25, 0.3) is 0 Å². The second-order valence-electron chi connectivity index (χ2n) is 6.64. The molecule has 1 aromatic rings. The summed E-state index contributed by atoms with van der Waals surface area (Å²) in [7, 11) is 0. The maximum Gasteiger partial charge on any atom is 0.338 e. The van der Waals surface area contributed by atoms with Crippen LogP contribution in [-0.2, 0) is 4.74 Å². The molecule has 0 aliphatic carbocycles. The fourth-order valence-electron chi connectivity index (χ4n) is 3.29. The van der Waals surface area contributed by atoms with E-state index in [1.165, 1.54) is 51.6 Å². The highest BCUT2D eigenvalue weighted by atomic mass is 16.5. The van der Waals surface area contributed by atoms with Gasteiger partial charge in [0.05, 0.1) is 12.2 Å². The molecule has 23 heavy (non-hydrogen) atoms. The molecule has 1 aliphatic rings. The van der Waals surface area contributed by atoms with Gasteiger partial charge in [0, 0.05) is 6.54 Å². The molecule has 1 heterocycles. The van der Waals surface area contributed by atoms with E-state index in [9.17, 15) is 4.79 Å². The number of rotatable bonds is 9. The number of carbonyl (C=O) groups is 1. The Morgan fingerprint density at radius 2 is 1.87 bits per heavy atom. The number of hydrogen-bond donors (Lipinski definition) is 0. The van der Waals surface area contributed by atoms with Crippen molar-refractivity contribution in [2.45, 2.75) is 51.9 Å². The SMILES string of the molecule is CCCCCC1CCN(CCCOC(=O)c2ccccc2)CC1. The van der Waals surface area contributed by atoms with Crippen molar-refractivity contribution < 1.29 is 9.53 Å². The Balaban J connectivity index is 1.53. The molecule has 0 radical (unpaired) electrons. The predicted molar refractivity (Wildman–Crippen MR) is 94.6 cm³/mol. The quantitative estimate of drug-likeness (QED) is 0.495. The molecule has 0 amide bonds. The zero-order valence-electron chi connectivity index (χ0n) is 14.5. The number of esters is 1. The van der Waals surface area contributed by atoms with Gasteiger partial charge in [0.25, 0.3) is 0 Å². The minimum Gasteiger partial charge on any atom is -0.462 e. The number of hydrogen-bond acceptors (Lipinski definition) is 3. The van der Waals surface area contributed by atoms with Crippen LogP contribution < -0.4 is 0 Å². The summed E-state index contributed by atoms with van der Waals surface area (Å²) in [4.78, 5) is 14.3. The van der Waals surface area contributed by atoms with Crippen molar-refractivity contribution in [3.8, 4) is 0 Å². The van der Waals surface area contributed by atoms with Crippen LogP contribution in [0.5, 0.6) is 0 Å². The van der Waals surface area contributed by atoms with E-state index in [2.05, 4.69) is 11.8 Å². The molecule has 0 aromatic heterocycles. The average molecular weight is 317 g/mol. The highest BCUT2D eigenvalue weighted by molar-refractivity contribution is 5.89. The molecular weight excluding hydrogens is 286 g/mol. The van der Waals surface area contributed by atoms with E-state index in [1.807, 2.05) is 18.2 Å². The van der Waals surface area contributed by atoms with Crippen LogP contribution in [-0.4, -0.2) is 37.1 Å². The number of ether oxygens (including phenoxy) is 1. The molecule has 0 saturated carbocycles. The van der Waals surface area contributed by atoms with Gasteiger partial charge in [-0.2, -0.15) is 0 Å². The molecule has 1 fully saturated rings. The Hall–Kier alpha value is -1.35. The van der Waals surface area contributed by atoms with E-state index in [0.717, 1.165) is 18.9 Å². The molecule has 0 N–H and O–H groups in total. The summed E-state index contributed by atoms with van der Waals surface area (Å²) in [6.45, 7) is 6.26. The Morgan fingerprint density at radius 1 is 1.13 bits per heavy atom. The van der Waals surface area contributed by atoms with E-state index in [4.69, 9.17) is 4.74 Å². The minimum atomic E-state index is -0.208. The molecule has 2 rings (SSSR count). The van der Waals surface area contributed by atoms with Crippen molar-refractivity contribution in [2.75, 3.05) is 26.2 Å². The second kappa shape index (κ2) is 10.4. The van der Waals surface area contributed by atoms with E-state index in [-0.39, 0.29) is 5.97 Å². The van der Waals surface area contributed by atoms with Crippen molar-refractivity contribution in [3.05, 3.63) is 35.9 Å². The lowest BCUT2D eigenvalue weighted by atomic mass is 9.91. The first-order valence-electron chi connectivity index (χ1n) is 9.24. The number of nitrogens with zero attached hydrogens (tertiary/aromatic N) is 1. The van der Waals surface area contributed by atoms with Gasteiger partial charge in [-0.3, -0.25) is 0 Å². The van der Waals surface area contributed by atoms with Crippen molar-refractivity contribution >= 4 is 5.97 Å². The third-order valence-electron chi connectivity index (χ3n) is 4.78. The van der Waals surface area contributed by atoms with Crippen LogP contribution in [0.3, 0.4) is 0 Å². The summed E-state index contributed by atoms with van der Waals surface area (Å²) in [5.41, 5.74) is 0.639. The van der Waals surface area contributed by atoms with Gasteiger partial charge in [-0.15, -0.1) is 0 Å². The summed E-state index contributed by atoms with van der Waals surface area (Å²) in [5, 5.41) is 0. The number of carbonyl (C=O) groups excluding carboxylic acids is 1. The smallest absolute Gasteiger partial charge is 0.338 e. The van der Waals surface area contributed by atoms with Crippen molar-refractivity contribution in [3.63, 3.8) is 0 Å².